The molecule has 0 bridgehead atoms. The molecule has 2 atom stereocenters. The summed E-state index contributed by atoms with van der Waals surface area (Å²) in [6.07, 6.45) is 1.98. The molecule has 1 fully saturated rings. The van der Waals surface area contributed by atoms with Gasteiger partial charge in [-0.15, -0.1) is 11.3 Å². The number of carbonyl (C=O) groups is 1. The number of hydrogen-bond acceptors (Lipinski definition) is 5. The summed E-state index contributed by atoms with van der Waals surface area (Å²) >= 11 is 1.45. The van der Waals surface area contributed by atoms with Crippen LogP contribution in [-0.2, 0) is 13.1 Å². The first-order valence-electron chi connectivity index (χ1n) is 8.78. The quantitative estimate of drug-likeness (QED) is 0.893. The summed E-state index contributed by atoms with van der Waals surface area (Å²) in [7, 11) is 1.90. The number of thiazole rings is 1. The zero-order valence-corrected chi connectivity index (χ0v) is 15.7. The molecule has 25 heavy (non-hydrogen) atoms. The van der Waals surface area contributed by atoms with Crippen molar-refractivity contribution in [3.63, 3.8) is 0 Å². The van der Waals surface area contributed by atoms with E-state index in [1.807, 2.05) is 23.4 Å². The molecule has 0 spiro atoms. The molecule has 5 nitrogen and oxygen atoms in total. The Morgan fingerprint density at radius 2 is 2.16 bits per heavy atom. The molecule has 0 aliphatic carbocycles. The molecule has 1 aliphatic heterocycles. The van der Waals surface area contributed by atoms with E-state index in [0.29, 0.717) is 18.3 Å². The highest BCUT2D eigenvalue weighted by atomic mass is 32.1. The number of aromatic nitrogens is 1. The molecule has 3 rings (SSSR count). The van der Waals surface area contributed by atoms with Gasteiger partial charge < -0.3 is 10.6 Å². The molecule has 1 aromatic heterocycles. The first-order valence-corrected chi connectivity index (χ1v) is 9.66. The Labute approximate surface area is 153 Å². The van der Waals surface area contributed by atoms with Crippen LogP contribution in [0.15, 0.2) is 35.7 Å². The Hall–Kier alpha value is -1.76. The highest BCUT2D eigenvalue weighted by molar-refractivity contribution is 7.09. The van der Waals surface area contributed by atoms with Crippen molar-refractivity contribution in [2.45, 2.75) is 44.9 Å². The topological polar surface area (TPSA) is 62.5 Å². The van der Waals surface area contributed by atoms with Crippen molar-refractivity contribution >= 4 is 17.2 Å². The number of piperidine rings is 1. The van der Waals surface area contributed by atoms with Gasteiger partial charge in [0.1, 0.15) is 10.7 Å². The van der Waals surface area contributed by atoms with Crippen LogP contribution in [-0.4, -0.2) is 46.4 Å². The van der Waals surface area contributed by atoms with Gasteiger partial charge in [-0.1, -0.05) is 30.3 Å². The van der Waals surface area contributed by atoms with Gasteiger partial charge in [-0.05, 0) is 25.3 Å². The monoisotopic (exact) mass is 358 g/mol. The van der Waals surface area contributed by atoms with Gasteiger partial charge in [0.2, 0.25) is 0 Å². The minimum Gasteiger partial charge on any atom is -0.337 e. The van der Waals surface area contributed by atoms with Crippen LogP contribution in [0.25, 0.3) is 0 Å². The van der Waals surface area contributed by atoms with Gasteiger partial charge in [-0.25, -0.2) is 4.98 Å². The Kier molecular flexibility index (Phi) is 5.83. The van der Waals surface area contributed by atoms with Gasteiger partial charge in [0.05, 0.1) is 0 Å². The highest BCUT2D eigenvalue weighted by Crippen LogP contribution is 2.24. The predicted octanol–water partition coefficient (Wildman–Crippen LogP) is 2.73. The number of likely N-dealkylation sites (tertiary alicyclic amines) is 1. The van der Waals surface area contributed by atoms with Crippen molar-refractivity contribution in [1.29, 1.82) is 0 Å². The molecule has 6 heteroatoms. The molecule has 0 radical (unpaired) electrons. The van der Waals surface area contributed by atoms with Crippen molar-refractivity contribution < 1.29 is 4.79 Å². The second-order valence-corrected chi connectivity index (χ2v) is 7.67. The van der Waals surface area contributed by atoms with E-state index in [1.165, 1.54) is 16.9 Å². The molecule has 134 valence electrons. The number of nitrogens with two attached hydrogens (primary N) is 1. The summed E-state index contributed by atoms with van der Waals surface area (Å²) in [5.74, 6) is 0.00431. The Bertz CT molecular complexity index is 702. The molecule has 1 aliphatic rings. The van der Waals surface area contributed by atoms with Gasteiger partial charge in [-0.2, -0.15) is 0 Å². The Balaban J connectivity index is 1.59. The number of carbonyl (C=O) groups excluding carboxylic acids is 1. The van der Waals surface area contributed by atoms with Crippen LogP contribution in [0.3, 0.4) is 0 Å². The molecule has 2 N–H and O–H groups in total. The molecular formula is C19H26N4OS. The fourth-order valence-corrected chi connectivity index (χ4v) is 4.10. The van der Waals surface area contributed by atoms with Crippen molar-refractivity contribution in [3.8, 4) is 0 Å². The first kappa shape index (κ1) is 18.0. The molecule has 1 saturated heterocycles. The lowest BCUT2D eigenvalue weighted by Crippen LogP contribution is -2.49. The lowest BCUT2D eigenvalue weighted by Gasteiger charge is -2.41. The van der Waals surface area contributed by atoms with Crippen LogP contribution in [0.5, 0.6) is 0 Å². The van der Waals surface area contributed by atoms with Gasteiger partial charge in [0.15, 0.2) is 0 Å². The van der Waals surface area contributed by atoms with E-state index in [-0.39, 0.29) is 11.9 Å². The van der Waals surface area contributed by atoms with Crippen LogP contribution in [0.2, 0.25) is 0 Å². The largest absolute Gasteiger partial charge is 0.337 e. The number of hydrogen-bond donors (Lipinski definition) is 1. The van der Waals surface area contributed by atoms with E-state index in [2.05, 4.69) is 41.1 Å². The summed E-state index contributed by atoms with van der Waals surface area (Å²) in [6, 6.07) is 11.3. The molecule has 2 aromatic rings. The van der Waals surface area contributed by atoms with Crippen LogP contribution in [0.1, 0.15) is 40.8 Å². The molecule has 0 saturated carbocycles. The van der Waals surface area contributed by atoms with Crippen LogP contribution < -0.4 is 5.73 Å². The lowest BCUT2D eigenvalue weighted by atomic mass is 9.96. The average Bonchev–Trinajstić information content (AvgIpc) is 3.12. The van der Waals surface area contributed by atoms with E-state index >= 15 is 0 Å². The summed E-state index contributed by atoms with van der Waals surface area (Å²) < 4.78 is 0. The first-order chi connectivity index (χ1) is 12.1. The van der Waals surface area contributed by atoms with Crippen molar-refractivity contribution in [2.24, 2.45) is 5.73 Å². The summed E-state index contributed by atoms with van der Waals surface area (Å²) in [4.78, 5) is 21.4. The van der Waals surface area contributed by atoms with Gasteiger partial charge >= 0.3 is 0 Å². The van der Waals surface area contributed by atoms with E-state index in [0.717, 1.165) is 30.9 Å². The highest BCUT2D eigenvalue weighted by Gasteiger charge is 2.30. The van der Waals surface area contributed by atoms with Crippen molar-refractivity contribution in [2.75, 3.05) is 13.6 Å². The van der Waals surface area contributed by atoms with Crippen molar-refractivity contribution in [1.82, 2.24) is 14.8 Å². The molecular weight excluding hydrogens is 332 g/mol. The maximum absolute atomic E-state index is 12.7. The summed E-state index contributed by atoms with van der Waals surface area (Å²) in [5, 5.41) is 2.62. The van der Waals surface area contributed by atoms with E-state index in [9.17, 15) is 4.79 Å². The summed E-state index contributed by atoms with van der Waals surface area (Å²) in [5.41, 5.74) is 7.46. The molecule has 1 aromatic carbocycles. The number of benzene rings is 1. The van der Waals surface area contributed by atoms with Crippen molar-refractivity contribution in [3.05, 3.63) is 52.0 Å². The van der Waals surface area contributed by atoms with E-state index < -0.39 is 0 Å². The Morgan fingerprint density at radius 1 is 1.40 bits per heavy atom. The van der Waals surface area contributed by atoms with E-state index in [1.54, 1.807) is 0 Å². The van der Waals surface area contributed by atoms with Crippen LogP contribution >= 0.6 is 11.3 Å². The smallest absolute Gasteiger partial charge is 0.273 e. The number of nitrogens with zero attached hydrogens (tertiary/aromatic N) is 3. The average molecular weight is 359 g/mol. The van der Waals surface area contributed by atoms with E-state index in [4.69, 9.17) is 5.73 Å². The SMILES string of the molecule is C[C@H]1C[C@H](N(C)C(=O)c2csc(CN)n2)CCN1Cc1ccccc1. The molecule has 2 heterocycles. The summed E-state index contributed by atoms with van der Waals surface area (Å²) in [6.45, 7) is 4.61. The fourth-order valence-electron chi connectivity index (χ4n) is 3.45. The molecule has 0 unspecified atom stereocenters. The number of rotatable bonds is 5. The lowest BCUT2D eigenvalue weighted by molar-refractivity contribution is 0.0534. The Morgan fingerprint density at radius 3 is 2.80 bits per heavy atom. The standard InChI is InChI=1S/C19H26N4OS/c1-14-10-16(8-9-23(14)12-15-6-4-3-5-7-15)22(2)19(24)17-13-25-18(11-20)21-17/h3-7,13-14,16H,8-12,20H2,1-2H3/t14-,16+/m0/s1. The van der Waals surface area contributed by atoms with Gasteiger partial charge in [0, 0.05) is 44.1 Å². The predicted molar refractivity (Wildman–Crippen MR) is 101 cm³/mol. The van der Waals surface area contributed by atoms with Gasteiger partial charge in [-0.3, -0.25) is 9.69 Å². The van der Waals surface area contributed by atoms with Gasteiger partial charge in [0.25, 0.3) is 5.91 Å². The second-order valence-electron chi connectivity index (χ2n) is 6.73. The third kappa shape index (κ3) is 4.26. The van der Waals surface area contributed by atoms with Crippen LogP contribution in [0, 0.1) is 0 Å². The maximum Gasteiger partial charge on any atom is 0.273 e. The van der Waals surface area contributed by atoms with Crippen LogP contribution in [0.4, 0.5) is 0 Å². The fraction of sp³-hybridized carbons (Fsp3) is 0.474. The second kappa shape index (κ2) is 8.08. The normalized spacial score (nSPS) is 21.2. The molecule has 1 amide bonds. The minimum absolute atomic E-state index is 0.00431. The number of amides is 1. The third-order valence-corrected chi connectivity index (χ3v) is 5.90. The minimum atomic E-state index is 0.00431. The maximum atomic E-state index is 12.7. The third-order valence-electron chi connectivity index (χ3n) is 5.03. The zero-order valence-electron chi connectivity index (χ0n) is 14.9. The zero-order chi connectivity index (χ0) is 17.8.